The minimum atomic E-state index is -0.103. The van der Waals surface area contributed by atoms with Crippen molar-refractivity contribution >= 4 is 56.9 Å². The normalized spacial score (nSPS) is 15.6. The van der Waals surface area contributed by atoms with Gasteiger partial charge in [0.05, 0.1) is 28.4 Å². The summed E-state index contributed by atoms with van der Waals surface area (Å²) < 4.78 is 7.31. The minimum absolute atomic E-state index is 0.0297. The predicted octanol–water partition coefficient (Wildman–Crippen LogP) is 6.09. The van der Waals surface area contributed by atoms with Gasteiger partial charge < -0.3 is 9.80 Å². The highest BCUT2D eigenvalue weighted by Crippen LogP contribution is 2.25. The number of nitrogens with zero attached hydrogens (tertiary/aromatic N) is 10. The maximum Gasteiger partial charge on any atom is 0.263 e. The van der Waals surface area contributed by atoms with Gasteiger partial charge in [0.1, 0.15) is 0 Å². The molecule has 0 amide bonds. The molecule has 0 N–H and O–H groups in total. The van der Waals surface area contributed by atoms with Gasteiger partial charge in [-0.1, -0.05) is 79.7 Å². The second-order valence-electron chi connectivity index (χ2n) is 13.5. The number of aryl methyl sites for hydroxylation is 1. The van der Waals surface area contributed by atoms with Crippen LogP contribution in [0.4, 0.5) is 11.9 Å². The van der Waals surface area contributed by atoms with Crippen LogP contribution in [0.1, 0.15) is 56.9 Å². The molecule has 4 aromatic heterocycles. The molecule has 6 heterocycles. The van der Waals surface area contributed by atoms with Gasteiger partial charge in [0, 0.05) is 38.2 Å². The van der Waals surface area contributed by atoms with Crippen molar-refractivity contribution in [2.45, 2.75) is 57.9 Å². The highest BCUT2D eigenvalue weighted by molar-refractivity contribution is 6.31. The van der Waals surface area contributed by atoms with E-state index in [2.05, 4.69) is 30.2 Å². The lowest BCUT2D eigenvalue weighted by Crippen LogP contribution is -2.28. The summed E-state index contributed by atoms with van der Waals surface area (Å²) in [4.78, 5) is 30.4. The van der Waals surface area contributed by atoms with E-state index in [9.17, 15) is 9.59 Å². The molecule has 2 saturated heterocycles. The first-order valence-corrected chi connectivity index (χ1v) is 18.3. The number of para-hydroxylation sites is 1. The molecular weight excluding hydrogens is 664 g/mol. The van der Waals surface area contributed by atoms with E-state index >= 15 is 0 Å². The number of aromatic nitrogens is 8. The Morgan fingerprint density at radius 3 is 1.78 bits per heavy atom. The lowest BCUT2D eigenvalue weighted by molar-refractivity contribution is 0.726. The molecule has 13 heteroatoms. The van der Waals surface area contributed by atoms with Crippen LogP contribution >= 0.6 is 11.6 Å². The summed E-state index contributed by atoms with van der Waals surface area (Å²) in [5, 5.41) is 19.5. The van der Waals surface area contributed by atoms with Crippen LogP contribution < -0.4 is 20.9 Å². The minimum Gasteiger partial charge on any atom is -0.341 e. The number of hydrogen-bond acceptors (Lipinski definition) is 8. The van der Waals surface area contributed by atoms with Crippen LogP contribution in [-0.4, -0.2) is 64.5 Å². The molecule has 0 bridgehead atoms. The van der Waals surface area contributed by atoms with Crippen molar-refractivity contribution in [2.75, 3.05) is 36.0 Å². The van der Waals surface area contributed by atoms with E-state index in [1.54, 1.807) is 22.2 Å². The smallest absolute Gasteiger partial charge is 0.263 e. The molecule has 51 heavy (non-hydrogen) atoms. The van der Waals surface area contributed by atoms with E-state index in [-0.39, 0.29) is 11.1 Å². The van der Waals surface area contributed by atoms with E-state index in [0.29, 0.717) is 33.9 Å². The second kappa shape index (κ2) is 14.2. The Balaban J connectivity index is 0.000000152. The topological polar surface area (TPSA) is 111 Å². The van der Waals surface area contributed by atoms with Gasteiger partial charge in [0.2, 0.25) is 23.5 Å². The van der Waals surface area contributed by atoms with Crippen molar-refractivity contribution < 1.29 is 0 Å². The summed E-state index contributed by atoms with van der Waals surface area (Å²) in [6.07, 6.45) is 9.66. The van der Waals surface area contributed by atoms with E-state index in [4.69, 9.17) is 11.6 Å². The third kappa shape index (κ3) is 6.22. The van der Waals surface area contributed by atoms with Crippen LogP contribution in [0.25, 0.3) is 33.4 Å². The summed E-state index contributed by atoms with van der Waals surface area (Å²) >= 11 is 6.24. The van der Waals surface area contributed by atoms with Crippen molar-refractivity contribution in [3.05, 3.63) is 104 Å². The van der Waals surface area contributed by atoms with Crippen molar-refractivity contribution in [3.8, 4) is 0 Å². The molecule has 2 fully saturated rings. The summed E-state index contributed by atoms with van der Waals surface area (Å²) in [5.41, 5.74) is 2.58. The molecule has 0 spiro atoms. The summed E-state index contributed by atoms with van der Waals surface area (Å²) in [5.74, 6) is 2.82. The lowest BCUT2D eigenvalue weighted by Gasteiger charge is -2.21. The van der Waals surface area contributed by atoms with Gasteiger partial charge in [-0.3, -0.25) is 18.7 Å². The Morgan fingerprint density at radius 2 is 1.14 bits per heavy atom. The Morgan fingerprint density at radius 1 is 0.588 bits per heavy atom. The molecule has 12 nitrogen and oxygen atoms in total. The highest BCUT2D eigenvalue weighted by atomic mass is 35.5. The zero-order chi connectivity index (χ0) is 34.9. The van der Waals surface area contributed by atoms with Crippen LogP contribution in [0.3, 0.4) is 0 Å². The van der Waals surface area contributed by atoms with E-state index in [0.717, 1.165) is 67.5 Å². The average molecular weight is 705 g/mol. The number of fused-ring (bicyclic) bond motifs is 6. The molecule has 0 unspecified atom stereocenters. The molecule has 7 aromatic rings. The molecule has 0 aliphatic carbocycles. The summed E-state index contributed by atoms with van der Waals surface area (Å²) in [6.45, 7) is 4.33. The van der Waals surface area contributed by atoms with Gasteiger partial charge in [0.25, 0.3) is 11.1 Å². The van der Waals surface area contributed by atoms with E-state index in [1.165, 1.54) is 38.5 Å². The van der Waals surface area contributed by atoms with Crippen molar-refractivity contribution in [2.24, 2.45) is 7.05 Å². The predicted molar refractivity (Wildman–Crippen MR) is 202 cm³/mol. The highest BCUT2D eigenvalue weighted by Gasteiger charge is 2.22. The lowest BCUT2D eigenvalue weighted by atomic mass is 10.2. The van der Waals surface area contributed by atoms with Crippen molar-refractivity contribution in [1.82, 2.24) is 38.3 Å². The second-order valence-corrected chi connectivity index (χ2v) is 13.9. The maximum atomic E-state index is 13.3. The standard InChI is InChI=1S/C22H22ClN5O.C16H19N5O/c23-17-10-11-19-18(14-17)20(29)27(15-16-8-4-3-5-9-16)22-25-24-21(28(19)22)26-12-6-1-2-7-13-26;1-19-14(22)12-8-4-5-9-13(12)21-15(19)17-18-16(21)20-10-6-2-3-7-11-20/h3-5,8-11,14H,1-2,6-7,12-13,15H2;4-5,8-9H,2-3,6-7,10-11H2,1H3. The third-order valence-corrected chi connectivity index (χ3v) is 10.4. The summed E-state index contributed by atoms with van der Waals surface area (Å²) in [7, 11) is 1.75. The first kappa shape index (κ1) is 32.9. The van der Waals surface area contributed by atoms with E-state index in [1.807, 2.05) is 75.5 Å². The van der Waals surface area contributed by atoms with Gasteiger partial charge in [-0.25, -0.2) is 8.80 Å². The number of anilines is 2. The molecule has 2 aliphatic heterocycles. The maximum absolute atomic E-state index is 13.3. The zero-order valence-electron chi connectivity index (χ0n) is 28.8. The zero-order valence-corrected chi connectivity index (χ0v) is 29.5. The molecule has 262 valence electrons. The molecular formula is C38H41ClN10O2. The van der Waals surface area contributed by atoms with Crippen LogP contribution in [-0.2, 0) is 13.6 Å². The fourth-order valence-electron chi connectivity index (χ4n) is 7.45. The fraction of sp³-hybridized carbons (Fsp3) is 0.368. The Labute approximate surface area is 299 Å². The SMILES string of the molecule is Cn1c(=O)c2ccccc2n2c(N3CCCCCC3)nnc12.O=c1c2cc(Cl)ccc2n2c(N3CCCCCC3)nnc2n1Cc1ccccc1. The largest absolute Gasteiger partial charge is 0.341 e. The van der Waals surface area contributed by atoms with Gasteiger partial charge in [0.15, 0.2) is 0 Å². The van der Waals surface area contributed by atoms with Crippen LogP contribution in [0.15, 0.2) is 82.4 Å². The Bertz CT molecular complexity index is 2450. The molecule has 3 aromatic carbocycles. The fourth-order valence-corrected chi connectivity index (χ4v) is 7.62. The van der Waals surface area contributed by atoms with Gasteiger partial charge >= 0.3 is 0 Å². The number of benzene rings is 3. The van der Waals surface area contributed by atoms with Crippen LogP contribution in [0, 0.1) is 0 Å². The van der Waals surface area contributed by atoms with Crippen molar-refractivity contribution in [3.63, 3.8) is 0 Å². The third-order valence-electron chi connectivity index (χ3n) is 10.1. The van der Waals surface area contributed by atoms with Gasteiger partial charge in [-0.15, -0.1) is 20.4 Å². The molecule has 9 rings (SSSR count). The first-order valence-electron chi connectivity index (χ1n) is 17.9. The molecule has 0 atom stereocenters. The molecule has 0 saturated carbocycles. The first-order chi connectivity index (χ1) is 25.0. The quantitative estimate of drug-likeness (QED) is 0.217. The number of rotatable bonds is 4. The average Bonchev–Trinajstić information content (AvgIpc) is 3.57. The number of halogens is 1. The Kier molecular flexibility index (Phi) is 9.16. The van der Waals surface area contributed by atoms with Crippen LogP contribution in [0.5, 0.6) is 0 Å². The molecule has 2 aliphatic rings. The monoisotopic (exact) mass is 704 g/mol. The van der Waals surface area contributed by atoms with Gasteiger partial charge in [-0.05, 0) is 61.6 Å². The van der Waals surface area contributed by atoms with Crippen LogP contribution in [0.2, 0.25) is 5.02 Å². The van der Waals surface area contributed by atoms with E-state index < -0.39 is 0 Å². The Hall–Kier alpha value is -5.23. The van der Waals surface area contributed by atoms with Crippen molar-refractivity contribution in [1.29, 1.82) is 0 Å². The summed E-state index contributed by atoms with van der Waals surface area (Å²) in [6, 6.07) is 23.1. The number of hydrogen-bond donors (Lipinski definition) is 0. The molecule has 0 radical (unpaired) electrons. The van der Waals surface area contributed by atoms with Gasteiger partial charge in [-0.2, -0.15) is 0 Å².